The average Bonchev–Trinajstić information content (AvgIpc) is 2.42. The molecule has 5 nitrogen and oxygen atoms in total. The summed E-state index contributed by atoms with van der Waals surface area (Å²) < 4.78 is 5.47. The molecule has 0 heterocycles. The van der Waals surface area contributed by atoms with Crippen LogP contribution in [0.1, 0.15) is 16.8 Å². The van der Waals surface area contributed by atoms with E-state index in [1.807, 2.05) is 0 Å². The van der Waals surface area contributed by atoms with Gasteiger partial charge in [-0.3, -0.25) is 9.59 Å². The summed E-state index contributed by atoms with van der Waals surface area (Å²) in [5, 5.41) is 5.68. The monoisotopic (exact) mass is 362 g/mol. The summed E-state index contributed by atoms with van der Waals surface area (Å²) >= 11 is 9.27. The minimum Gasteiger partial charge on any atom is -0.383 e. The Balaban J connectivity index is 2.37. The van der Waals surface area contributed by atoms with Crippen LogP contribution in [0.2, 0.25) is 5.02 Å². The Morgan fingerprint density at radius 3 is 2.75 bits per heavy atom. The van der Waals surface area contributed by atoms with E-state index in [1.165, 1.54) is 0 Å². The van der Waals surface area contributed by atoms with Crippen LogP contribution in [-0.2, 0) is 9.53 Å². The van der Waals surface area contributed by atoms with Crippen LogP contribution in [0.5, 0.6) is 0 Å². The number of carbonyl (C=O) groups is 2. The molecule has 2 N–H and O–H groups in total. The molecule has 0 bridgehead atoms. The Hall–Kier alpha value is -1.11. The number of ether oxygens (including phenoxy) is 1. The smallest absolute Gasteiger partial charge is 0.252 e. The lowest BCUT2D eigenvalue weighted by Crippen LogP contribution is -2.32. The molecule has 2 amide bonds. The third-order valence-electron chi connectivity index (χ3n) is 2.46. The molecule has 1 rings (SSSR count). The van der Waals surface area contributed by atoms with Gasteiger partial charge in [-0.25, -0.2) is 0 Å². The molecule has 1 aromatic rings. The number of nitrogens with one attached hydrogen (secondary N) is 2. The average molecular weight is 364 g/mol. The van der Waals surface area contributed by atoms with Gasteiger partial charge >= 0.3 is 0 Å². The first kappa shape index (κ1) is 16.9. The molecule has 110 valence electrons. The first-order valence-corrected chi connectivity index (χ1v) is 7.21. The molecule has 0 spiro atoms. The zero-order valence-electron chi connectivity index (χ0n) is 11.0. The molecule has 0 unspecified atom stereocenters. The van der Waals surface area contributed by atoms with Crippen molar-refractivity contribution in [2.45, 2.75) is 6.42 Å². The van der Waals surface area contributed by atoms with Gasteiger partial charge in [-0.2, -0.15) is 0 Å². The van der Waals surface area contributed by atoms with E-state index in [9.17, 15) is 9.59 Å². The van der Waals surface area contributed by atoms with Crippen LogP contribution in [0.4, 0.5) is 0 Å². The number of rotatable bonds is 7. The number of carbonyl (C=O) groups excluding carboxylic acids is 2. The second-order valence-corrected chi connectivity index (χ2v) is 5.18. The van der Waals surface area contributed by atoms with Gasteiger partial charge in [0.05, 0.1) is 17.2 Å². The van der Waals surface area contributed by atoms with E-state index in [4.69, 9.17) is 16.3 Å². The van der Waals surface area contributed by atoms with E-state index >= 15 is 0 Å². The lowest BCUT2D eigenvalue weighted by Gasteiger charge is -2.08. The zero-order valence-corrected chi connectivity index (χ0v) is 13.4. The second-order valence-electron chi connectivity index (χ2n) is 3.95. The Morgan fingerprint density at radius 1 is 1.30 bits per heavy atom. The number of amides is 2. The Bertz CT molecular complexity index is 483. The molecule has 0 aliphatic rings. The largest absolute Gasteiger partial charge is 0.383 e. The van der Waals surface area contributed by atoms with Crippen LogP contribution in [0.3, 0.4) is 0 Å². The van der Waals surface area contributed by atoms with E-state index in [-0.39, 0.29) is 24.8 Å². The number of halogens is 2. The third-order valence-corrected chi connectivity index (χ3v) is 3.76. The molecule has 0 atom stereocenters. The Morgan fingerprint density at radius 2 is 2.05 bits per heavy atom. The molecular formula is C13H16BrClN2O3. The molecular weight excluding hydrogens is 348 g/mol. The van der Waals surface area contributed by atoms with Crippen molar-refractivity contribution in [1.29, 1.82) is 0 Å². The van der Waals surface area contributed by atoms with Gasteiger partial charge in [0.15, 0.2) is 0 Å². The maximum Gasteiger partial charge on any atom is 0.252 e. The van der Waals surface area contributed by atoms with Crippen molar-refractivity contribution in [2.75, 3.05) is 26.8 Å². The summed E-state index contributed by atoms with van der Waals surface area (Å²) in [5.41, 5.74) is 0.376. The second kappa shape index (κ2) is 8.94. The molecule has 0 aromatic heterocycles. The minimum absolute atomic E-state index is 0.136. The fraction of sp³-hybridized carbons (Fsp3) is 0.385. The minimum atomic E-state index is -0.305. The van der Waals surface area contributed by atoms with Crippen molar-refractivity contribution < 1.29 is 14.3 Å². The molecule has 0 saturated carbocycles. The van der Waals surface area contributed by atoms with Crippen molar-refractivity contribution in [2.24, 2.45) is 0 Å². The van der Waals surface area contributed by atoms with Crippen LogP contribution in [0.25, 0.3) is 0 Å². The molecule has 1 aromatic carbocycles. The molecule has 0 aliphatic heterocycles. The predicted octanol–water partition coefficient (Wildman–Crippen LogP) is 1.99. The lowest BCUT2D eigenvalue weighted by molar-refractivity contribution is -0.121. The zero-order chi connectivity index (χ0) is 15.0. The van der Waals surface area contributed by atoms with Crippen LogP contribution in [0, 0.1) is 0 Å². The van der Waals surface area contributed by atoms with Crippen molar-refractivity contribution in [1.82, 2.24) is 10.6 Å². The first-order valence-electron chi connectivity index (χ1n) is 6.04. The molecule has 0 aliphatic carbocycles. The molecule has 0 saturated heterocycles. The normalized spacial score (nSPS) is 10.2. The van der Waals surface area contributed by atoms with Gasteiger partial charge in [-0.05, 0) is 28.1 Å². The van der Waals surface area contributed by atoms with Gasteiger partial charge in [0, 0.05) is 31.1 Å². The van der Waals surface area contributed by atoms with Gasteiger partial charge in [0.2, 0.25) is 5.91 Å². The number of hydrogen-bond acceptors (Lipinski definition) is 3. The van der Waals surface area contributed by atoms with Crippen LogP contribution >= 0.6 is 27.5 Å². The van der Waals surface area contributed by atoms with E-state index in [0.717, 1.165) is 0 Å². The van der Waals surface area contributed by atoms with E-state index in [1.54, 1.807) is 25.3 Å². The van der Waals surface area contributed by atoms with Crippen molar-refractivity contribution in [3.63, 3.8) is 0 Å². The molecule has 7 heteroatoms. The number of benzene rings is 1. The highest BCUT2D eigenvalue weighted by atomic mass is 79.9. The maximum atomic E-state index is 11.9. The van der Waals surface area contributed by atoms with Gasteiger partial charge in [-0.15, -0.1) is 0 Å². The van der Waals surface area contributed by atoms with E-state index in [0.29, 0.717) is 28.2 Å². The van der Waals surface area contributed by atoms with Gasteiger partial charge in [0.25, 0.3) is 5.91 Å². The third kappa shape index (κ3) is 5.48. The Kier molecular flexibility index (Phi) is 7.58. The van der Waals surface area contributed by atoms with Crippen LogP contribution in [-0.4, -0.2) is 38.6 Å². The predicted molar refractivity (Wildman–Crippen MR) is 81.0 cm³/mol. The summed E-state index contributed by atoms with van der Waals surface area (Å²) in [4.78, 5) is 23.3. The summed E-state index contributed by atoms with van der Waals surface area (Å²) in [7, 11) is 1.56. The molecule has 20 heavy (non-hydrogen) atoms. The quantitative estimate of drug-likeness (QED) is 0.728. The fourth-order valence-electron chi connectivity index (χ4n) is 1.44. The van der Waals surface area contributed by atoms with Gasteiger partial charge in [0.1, 0.15) is 0 Å². The number of hydrogen-bond donors (Lipinski definition) is 2. The lowest BCUT2D eigenvalue weighted by atomic mass is 10.2. The highest BCUT2D eigenvalue weighted by Crippen LogP contribution is 2.25. The van der Waals surface area contributed by atoms with Crippen LogP contribution in [0.15, 0.2) is 22.7 Å². The SMILES string of the molecule is COCCNC(=O)CCNC(=O)c1cccc(Br)c1Cl. The summed E-state index contributed by atoms with van der Waals surface area (Å²) in [6.45, 7) is 1.17. The number of methoxy groups -OCH3 is 1. The van der Waals surface area contributed by atoms with Crippen molar-refractivity contribution in [3.8, 4) is 0 Å². The topological polar surface area (TPSA) is 67.4 Å². The summed E-state index contributed by atoms with van der Waals surface area (Å²) in [6, 6.07) is 5.10. The van der Waals surface area contributed by atoms with E-state index < -0.39 is 0 Å². The highest BCUT2D eigenvalue weighted by Gasteiger charge is 2.12. The molecule has 0 radical (unpaired) electrons. The fourth-order valence-corrected chi connectivity index (χ4v) is 2.02. The van der Waals surface area contributed by atoms with Crippen molar-refractivity contribution >= 4 is 39.3 Å². The van der Waals surface area contributed by atoms with E-state index in [2.05, 4.69) is 26.6 Å². The Labute approximate surface area is 131 Å². The standard InChI is InChI=1S/C13H16BrClN2O3/c1-20-8-7-16-11(18)5-6-17-13(19)9-3-2-4-10(14)12(9)15/h2-4H,5-8H2,1H3,(H,16,18)(H,17,19). The summed E-state index contributed by atoms with van der Waals surface area (Å²) in [5.74, 6) is -0.441. The maximum absolute atomic E-state index is 11.9. The highest BCUT2D eigenvalue weighted by molar-refractivity contribution is 9.10. The first-order chi connectivity index (χ1) is 9.56. The summed E-state index contributed by atoms with van der Waals surface area (Å²) in [6.07, 6.45) is 0.209. The van der Waals surface area contributed by atoms with Crippen LogP contribution < -0.4 is 10.6 Å². The molecule has 0 fully saturated rings. The van der Waals surface area contributed by atoms with Gasteiger partial charge < -0.3 is 15.4 Å². The van der Waals surface area contributed by atoms with Crippen molar-refractivity contribution in [3.05, 3.63) is 33.3 Å². The van der Waals surface area contributed by atoms with Gasteiger partial charge in [-0.1, -0.05) is 17.7 Å².